The number of thiazole rings is 1. The van der Waals surface area contributed by atoms with Gasteiger partial charge in [0.05, 0.1) is 17.3 Å². The third kappa shape index (κ3) is 2.93. The molecule has 4 nitrogen and oxygen atoms in total. The second kappa shape index (κ2) is 5.96. The first-order valence-electron chi connectivity index (χ1n) is 5.97. The molecule has 2 aromatic rings. The molecule has 106 valence electrons. The summed E-state index contributed by atoms with van der Waals surface area (Å²) < 4.78 is 26.7. The number of benzene rings is 1. The van der Waals surface area contributed by atoms with Crippen LogP contribution in [0.1, 0.15) is 34.8 Å². The number of anilines is 1. The molecule has 0 aliphatic rings. The van der Waals surface area contributed by atoms with Crippen LogP contribution < -0.4 is 11.1 Å². The van der Waals surface area contributed by atoms with E-state index in [9.17, 15) is 13.6 Å². The number of nitrogens with two attached hydrogens (primary N) is 1. The highest BCUT2D eigenvalue weighted by Gasteiger charge is 2.20. The van der Waals surface area contributed by atoms with E-state index >= 15 is 0 Å². The molecule has 0 spiro atoms. The van der Waals surface area contributed by atoms with E-state index in [0.717, 1.165) is 11.1 Å². The average Bonchev–Trinajstić information content (AvgIpc) is 2.93. The first-order chi connectivity index (χ1) is 9.52. The Kier molecular flexibility index (Phi) is 4.29. The number of halogens is 2. The van der Waals surface area contributed by atoms with Gasteiger partial charge in [-0.1, -0.05) is 6.92 Å². The lowest BCUT2D eigenvalue weighted by Crippen LogP contribution is -2.29. The number of nitrogens with one attached hydrogen (secondary N) is 1. The van der Waals surface area contributed by atoms with Gasteiger partial charge < -0.3 is 11.1 Å². The second-order valence-electron chi connectivity index (χ2n) is 4.16. The van der Waals surface area contributed by atoms with Gasteiger partial charge in [-0.15, -0.1) is 11.3 Å². The van der Waals surface area contributed by atoms with Crippen LogP contribution in [0.25, 0.3) is 0 Å². The van der Waals surface area contributed by atoms with Crippen molar-refractivity contribution in [2.75, 3.05) is 5.73 Å². The van der Waals surface area contributed by atoms with Gasteiger partial charge in [0.25, 0.3) is 5.91 Å². The van der Waals surface area contributed by atoms with Gasteiger partial charge >= 0.3 is 0 Å². The van der Waals surface area contributed by atoms with Crippen molar-refractivity contribution in [1.29, 1.82) is 0 Å². The highest BCUT2D eigenvalue weighted by atomic mass is 32.1. The number of nitrogens with zero attached hydrogens (tertiary/aromatic N) is 1. The van der Waals surface area contributed by atoms with Crippen LogP contribution in [-0.4, -0.2) is 10.9 Å². The summed E-state index contributed by atoms with van der Waals surface area (Å²) in [6.45, 7) is 1.88. The van der Waals surface area contributed by atoms with Gasteiger partial charge in [-0.05, 0) is 12.5 Å². The second-order valence-corrected chi connectivity index (χ2v) is 5.08. The van der Waals surface area contributed by atoms with Crippen molar-refractivity contribution in [3.05, 3.63) is 45.9 Å². The van der Waals surface area contributed by atoms with E-state index in [1.807, 2.05) is 6.92 Å². The highest BCUT2D eigenvalue weighted by Crippen LogP contribution is 2.21. The molecular formula is C13H13F2N3OS. The van der Waals surface area contributed by atoms with Crippen molar-refractivity contribution in [2.24, 2.45) is 0 Å². The Morgan fingerprint density at radius 1 is 1.45 bits per heavy atom. The molecule has 1 aromatic carbocycles. The maximum atomic E-state index is 13.6. The van der Waals surface area contributed by atoms with Crippen LogP contribution in [0.5, 0.6) is 0 Å². The van der Waals surface area contributed by atoms with Crippen molar-refractivity contribution >= 4 is 22.9 Å². The Labute approximate surface area is 118 Å². The van der Waals surface area contributed by atoms with Crippen LogP contribution in [-0.2, 0) is 0 Å². The van der Waals surface area contributed by atoms with E-state index < -0.39 is 17.5 Å². The molecule has 1 atom stereocenters. The van der Waals surface area contributed by atoms with Crippen molar-refractivity contribution in [2.45, 2.75) is 19.4 Å². The molecule has 2 rings (SSSR count). The van der Waals surface area contributed by atoms with Crippen molar-refractivity contribution in [3.63, 3.8) is 0 Å². The smallest absolute Gasteiger partial charge is 0.254 e. The van der Waals surface area contributed by atoms with Crippen LogP contribution in [0.2, 0.25) is 0 Å². The Bertz CT molecular complexity index is 616. The zero-order valence-electron chi connectivity index (χ0n) is 10.7. The minimum atomic E-state index is -0.941. The zero-order chi connectivity index (χ0) is 14.7. The Balaban J connectivity index is 2.21. The predicted octanol–water partition coefficient (Wildman–Crippen LogP) is 2.88. The standard InChI is InChI=1S/C13H13F2N3OS/c1-2-11(13-17-3-4-20-13)18-12(19)7-5-10(16)9(15)6-8(7)14/h3-6,11H,2,16H2,1H3,(H,18,19). The molecule has 20 heavy (non-hydrogen) atoms. The Hall–Kier alpha value is -2.02. The van der Waals surface area contributed by atoms with Gasteiger partial charge in [0.1, 0.15) is 16.6 Å². The Morgan fingerprint density at radius 2 is 2.20 bits per heavy atom. The summed E-state index contributed by atoms with van der Waals surface area (Å²) in [5.74, 6) is -2.47. The van der Waals surface area contributed by atoms with E-state index in [1.54, 1.807) is 11.6 Å². The third-order valence-corrected chi connectivity index (χ3v) is 3.68. The first-order valence-corrected chi connectivity index (χ1v) is 6.85. The normalized spacial score (nSPS) is 12.2. The molecule has 0 aliphatic heterocycles. The van der Waals surface area contributed by atoms with Crippen molar-refractivity contribution in [1.82, 2.24) is 10.3 Å². The van der Waals surface area contributed by atoms with E-state index in [-0.39, 0.29) is 17.3 Å². The zero-order valence-corrected chi connectivity index (χ0v) is 11.5. The number of amides is 1. The largest absolute Gasteiger partial charge is 0.396 e. The SMILES string of the molecule is CCC(NC(=O)c1cc(N)c(F)cc1F)c1nccs1. The molecule has 0 fully saturated rings. The first kappa shape index (κ1) is 14.4. The van der Waals surface area contributed by atoms with Crippen molar-refractivity contribution in [3.8, 4) is 0 Å². The summed E-state index contributed by atoms with van der Waals surface area (Å²) in [6.07, 6.45) is 2.24. The number of carbonyl (C=O) groups is 1. The third-order valence-electron chi connectivity index (χ3n) is 2.79. The number of hydrogen-bond donors (Lipinski definition) is 2. The van der Waals surface area contributed by atoms with Crippen LogP contribution in [0, 0.1) is 11.6 Å². The van der Waals surface area contributed by atoms with Gasteiger partial charge in [-0.3, -0.25) is 4.79 Å². The Morgan fingerprint density at radius 3 is 2.80 bits per heavy atom. The molecule has 0 radical (unpaired) electrons. The lowest BCUT2D eigenvalue weighted by atomic mass is 10.1. The van der Waals surface area contributed by atoms with Crippen LogP contribution in [0.15, 0.2) is 23.7 Å². The fourth-order valence-electron chi connectivity index (χ4n) is 1.72. The summed E-state index contributed by atoms with van der Waals surface area (Å²) in [7, 11) is 0. The fraction of sp³-hybridized carbons (Fsp3) is 0.231. The molecule has 7 heteroatoms. The van der Waals surface area contributed by atoms with E-state index in [4.69, 9.17) is 5.73 Å². The molecule has 0 saturated carbocycles. The van der Waals surface area contributed by atoms with Gasteiger partial charge in [-0.2, -0.15) is 0 Å². The average molecular weight is 297 g/mol. The minimum Gasteiger partial charge on any atom is -0.396 e. The van der Waals surface area contributed by atoms with Crippen molar-refractivity contribution < 1.29 is 13.6 Å². The van der Waals surface area contributed by atoms with Gasteiger partial charge in [0.15, 0.2) is 0 Å². The molecule has 0 bridgehead atoms. The molecule has 1 heterocycles. The maximum absolute atomic E-state index is 13.6. The number of nitrogen functional groups attached to an aromatic ring is 1. The topological polar surface area (TPSA) is 68.0 Å². The van der Waals surface area contributed by atoms with Crippen LogP contribution in [0.4, 0.5) is 14.5 Å². The van der Waals surface area contributed by atoms with Gasteiger partial charge in [-0.25, -0.2) is 13.8 Å². The van der Waals surface area contributed by atoms with E-state index in [1.165, 1.54) is 11.3 Å². The summed E-state index contributed by atoms with van der Waals surface area (Å²) >= 11 is 1.40. The molecule has 1 amide bonds. The van der Waals surface area contributed by atoms with Gasteiger partial charge in [0.2, 0.25) is 0 Å². The summed E-state index contributed by atoms with van der Waals surface area (Å²) in [4.78, 5) is 16.2. The molecule has 1 unspecified atom stereocenters. The molecule has 3 N–H and O–H groups in total. The van der Waals surface area contributed by atoms with E-state index in [0.29, 0.717) is 12.5 Å². The van der Waals surface area contributed by atoms with Gasteiger partial charge in [0, 0.05) is 17.6 Å². The maximum Gasteiger partial charge on any atom is 0.254 e. The quantitative estimate of drug-likeness (QED) is 0.853. The summed E-state index contributed by atoms with van der Waals surface area (Å²) in [5, 5.41) is 5.19. The van der Waals surface area contributed by atoms with E-state index in [2.05, 4.69) is 10.3 Å². The number of rotatable bonds is 4. The summed E-state index contributed by atoms with van der Waals surface area (Å²) in [5.41, 5.74) is 4.81. The summed E-state index contributed by atoms with van der Waals surface area (Å²) in [6, 6.07) is 1.29. The predicted molar refractivity (Wildman–Crippen MR) is 73.4 cm³/mol. The lowest BCUT2D eigenvalue weighted by molar-refractivity contribution is 0.0931. The minimum absolute atomic E-state index is 0.265. The monoisotopic (exact) mass is 297 g/mol. The van der Waals surface area contributed by atoms with Crippen LogP contribution in [0.3, 0.4) is 0 Å². The molecule has 0 aliphatic carbocycles. The molecule has 1 aromatic heterocycles. The number of carbonyl (C=O) groups excluding carboxylic acids is 1. The van der Waals surface area contributed by atoms with Crippen LogP contribution >= 0.6 is 11.3 Å². The highest BCUT2D eigenvalue weighted by molar-refractivity contribution is 7.09. The fourth-order valence-corrected chi connectivity index (χ4v) is 2.49. The number of hydrogen-bond acceptors (Lipinski definition) is 4. The molecule has 0 saturated heterocycles. The number of aromatic nitrogens is 1. The molecular weight excluding hydrogens is 284 g/mol. The lowest BCUT2D eigenvalue weighted by Gasteiger charge is -2.15.